The summed E-state index contributed by atoms with van der Waals surface area (Å²) in [6.07, 6.45) is 27.0. The second-order valence-electron chi connectivity index (χ2n) is 12.5. The number of aliphatic hydroxyl groups excluding tert-OH is 1. The van der Waals surface area contributed by atoms with Crippen molar-refractivity contribution in [2.45, 2.75) is 142 Å². The molecular weight excluding hydrogens is 551 g/mol. The van der Waals surface area contributed by atoms with Crippen LogP contribution in [0.4, 0.5) is 0 Å². The van der Waals surface area contributed by atoms with Gasteiger partial charge < -0.3 is 19.8 Å². The Morgan fingerprint density at radius 3 is 1.88 bits per heavy atom. The Hall–Kier alpha value is -1.02. The highest BCUT2D eigenvalue weighted by atomic mass is 31.2. The van der Waals surface area contributed by atoms with Crippen molar-refractivity contribution in [3.8, 4) is 0 Å². The smallest absolute Gasteiger partial charge is 0.387 e. The average molecular weight is 618 g/mol. The average Bonchev–Trinajstić information content (AvgIpc) is 2.92. The number of nitrogens with one attached hydrogen (secondary N) is 1. The van der Waals surface area contributed by atoms with Crippen molar-refractivity contribution in [3.63, 3.8) is 0 Å². The van der Waals surface area contributed by atoms with Gasteiger partial charge in [0.05, 0.1) is 39.9 Å². The molecule has 8 nitrogen and oxygen atoms in total. The summed E-state index contributed by atoms with van der Waals surface area (Å²) >= 11 is 0. The number of allylic oxidation sites excluding steroid dienone is 3. The third kappa shape index (κ3) is 27.8. The molecule has 0 aliphatic heterocycles. The minimum Gasteiger partial charge on any atom is -0.387 e. The van der Waals surface area contributed by atoms with Crippen LogP contribution in [-0.4, -0.2) is 73.4 Å². The SMILES string of the molecule is CCCCC/C=C/C(O)C(COP(=O)(O)OCC[N+](C)(C)C)NC(=O)CCCCCCC/C=C\CCCCCCCC. The number of hydrogen-bond donors (Lipinski definition) is 3. The van der Waals surface area contributed by atoms with E-state index in [2.05, 4.69) is 31.3 Å². The maximum Gasteiger partial charge on any atom is 0.472 e. The van der Waals surface area contributed by atoms with Crippen molar-refractivity contribution < 1.29 is 32.9 Å². The van der Waals surface area contributed by atoms with Gasteiger partial charge in [-0.15, -0.1) is 0 Å². The molecule has 1 amide bonds. The molecule has 42 heavy (non-hydrogen) atoms. The van der Waals surface area contributed by atoms with Crippen LogP contribution in [0.5, 0.6) is 0 Å². The molecule has 0 saturated heterocycles. The van der Waals surface area contributed by atoms with E-state index in [0.717, 1.165) is 57.8 Å². The summed E-state index contributed by atoms with van der Waals surface area (Å²) in [6, 6.07) is -0.842. The normalized spacial score (nSPS) is 15.3. The van der Waals surface area contributed by atoms with Crippen LogP contribution in [-0.2, 0) is 18.4 Å². The molecule has 0 rings (SSSR count). The molecule has 0 aromatic rings. The molecule has 3 atom stereocenters. The summed E-state index contributed by atoms with van der Waals surface area (Å²) in [5.41, 5.74) is 0. The van der Waals surface area contributed by atoms with Crippen LogP contribution in [0, 0.1) is 0 Å². The highest BCUT2D eigenvalue weighted by molar-refractivity contribution is 7.47. The maximum absolute atomic E-state index is 12.6. The Morgan fingerprint density at radius 1 is 0.786 bits per heavy atom. The third-order valence-electron chi connectivity index (χ3n) is 7.17. The van der Waals surface area contributed by atoms with Crippen LogP contribution in [0.3, 0.4) is 0 Å². The third-order valence-corrected chi connectivity index (χ3v) is 8.15. The molecule has 0 aliphatic rings. The van der Waals surface area contributed by atoms with E-state index in [0.29, 0.717) is 17.4 Å². The number of rotatable bonds is 29. The zero-order valence-electron chi connectivity index (χ0n) is 27.7. The van der Waals surface area contributed by atoms with Crippen molar-refractivity contribution in [2.24, 2.45) is 0 Å². The van der Waals surface area contributed by atoms with E-state index in [1.807, 2.05) is 27.2 Å². The minimum absolute atomic E-state index is 0.0592. The monoisotopic (exact) mass is 617 g/mol. The van der Waals surface area contributed by atoms with Gasteiger partial charge in [-0.05, 0) is 44.9 Å². The van der Waals surface area contributed by atoms with E-state index >= 15 is 0 Å². The predicted octanol–water partition coefficient (Wildman–Crippen LogP) is 7.85. The van der Waals surface area contributed by atoms with Crippen molar-refractivity contribution in [2.75, 3.05) is 40.9 Å². The number of amides is 1. The number of likely N-dealkylation sites (N-methyl/N-ethyl adjacent to an activating group) is 1. The topological polar surface area (TPSA) is 105 Å². The van der Waals surface area contributed by atoms with Gasteiger partial charge in [0.15, 0.2) is 0 Å². The molecule has 0 aromatic carbocycles. The predicted molar refractivity (Wildman–Crippen MR) is 175 cm³/mol. The molecule has 248 valence electrons. The lowest BCUT2D eigenvalue weighted by Crippen LogP contribution is -2.45. The number of carbonyl (C=O) groups excluding carboxylic acids is 1. The van der Waals surface area contributed by atoms with Gasteiger partial charge in [-0.1, -0.05) is 102 Å². The van der Waals surface area contributed by atoms with Gasteiger partial charge in [0.25, 0.3) is 0 Å². The highest BCUT2D eigenvalue weighted by Crippen LogP contribution is 2.43. The zero-order chi connectivity index (χ0) is 31.5. The summed E-state index contributed by atoms with van der Waals surface area (Å²) in [4.78, 5) is 22.7. The molecule has 0 aliphatic carbocycles. The van der Waals surface area contributed by atoms with E-state index < -0.39 is 20.0 Å². The van der Waals surface area contributed by atoms with E-state index in [1.165, 1.54) is 51.4 Å². The summed E-state index contributed by atoms with van der Waals surface area (Å²) in [6.45, 7) is 4.65. The van der Waals surface area contributed by atoms with Gasteiger partial charge in [0, 0.05) is 6.42 Å². The van der Waals surface area contributed by atoms with Crippen LogP contribution in [0.25, 0.3) is 0 Å². The number of phosphoric ester groups is 1. The second-order valence-corrected chi connectivity index (χ2v) is 14.0. The molecule has 0 fully saturated rings. The van der Waals surface area contributed by atoms with Gasteiger partial charge in [-0.2, -0.15) is 0 Å². The minimum atomic E-state index is -4.31. The van der Waals surface area contributed by atoms with Crippen molar-refractivity contribution in [1.82, 2.24) is 5.32 Å². The first kappa shape index (κ1) is 41.0. The lowest BCUT2D eigenvalue weighted by molar-refractivity contribution is -0.870. The van der Waals surface area contributed by atoms with Gasteiger partial charge in [-0.25, -0.2) is 4.57 Å². The Balaban J connectivity index is 4.40. The first-order valence-electron chi connectivity index (χ1n) is 16.7. The summed E-state index contributed by atoms with van der Waals surface area (Å²) < 4.78 is 23.2. The molecule has 0 aromatic heterocycles. The van der Waals surface area contributed by atoms with Gasteiger partial charge in [0.1, 0.15) is 13.2 Å². The van der Waals surface area contributed by atoms with Gasteiger partial charge in [0.2, 0.25) is 5.91 Å². The van der Waals surface area contributed by atoms with Crippen LogP contribution >= 0.6 is 7.82 Å². The van der Waals surface area contributed by atoms with E-state index in [-0.39, 0.29) is 19.1 Å². The number of aliphatic hydroxyl groups is 1. The highest BCUT2D eigenvalue weighted by Gasteiger charge is 2.27. The quantitative estimate of drug-likeness (QED) is 0.0342. The fourth-order valence-corrected chi connectivity index (χ4v) is 5.12. The standard InChI is InChI=1S/C33H65N2O6P/c1-6-8-10-12-13-14-15-16-17-18-19-20-21-23-25-27-33(37)34-31(32(36)26-24-22-11-9-7-2)30-41-42(38,39)40-29-28-35(3,4)5/h16-17,24,26,31-32,36H,6-15,18-23,25,27-30H2,1-5H3,(H-,34,37,38,39)/p+1/b17-16-,26-24+. The molecule has 0 heterocycles. The lowest BCUT2D eigenvalue weighted by Gasteiger charge is -2.25. The maximum atomic E-state index is 12.6. The molecule has 9 heteroatoms. The molecule has 3 N–H and O–H groups in total. The number of hydrogen-bond acceptors (Lipinski definition) is 5. The fourth-order valence-electron chi connectivity index (χ4n) is 4.38. The first-order valence-corrected chi connectivity index (χ1v) is 18.2. The summed E-state index contributed by atoms with van der Waals surface area (Å²) in [5, 5.41) is 13.5. The number of carbonyl (C=O) groups is 1. The van der Waals surface area contributed by atoms with Crippen molar-refractivity contribution in [1.29, 1.82) is 0 Å². The Bertz CT molecular complexity index is 753. The van der Waals surface area contributed by atoms with Crippen LogP contribution < -0.4 is 5.32 Å². The lowest BCUT2D eigenvalue weighted by atomic mass is 10.1. The molecular formula is C33H66N2O6P+. The number of quaternary nitrogens is 1. The van der Waals surface area contributed by atoms with Crippen LogP contribution in [0.1, 0.15) is 129 Å². The molecule has 3 unspecified atom stereocenters. The van der Waals surface area contributed by atoms with Crippen molar-refractivity contribution >= 4 is 13.7 Å². The van der Waals surface area contributed by atoms with Crippen LogP contribution in [0.15, 0.2) is 24.3 Å². The molecule has 0 spiro atoms. The largest absolute Gasteiger partial charge is 0.472 e. The Morgan fingerprint density at radius 2 is 1.29 bits per heavy atom. The summed E-state index contributed by atoms with van der Waals surface area (Å²) in [5.74, 6) is -0.196. The van der Waals surface area contributed by atoms with Gasteiger partial charge >= 0.3 is 7.82 Å². The van der Waals surface area contributed by atoms with E-state index in [1.54, 1.807) is 6.08 Å². The number of unbranched alkanes of at least 4 members (excludes halogenated alkanes) is 14. The Kier molecular flexibility index (Phi) is 25.7. The van der Waals surface area contributed by atoms with E-state index in [9.17, 15) is 19.4 Å². The molecule has 0 saturated carbocycles. The second kappa shape index (κ2) is 26.4. The van der Waals surface area contributed by atoms with Crippen LogP contribution in [0.2, 0.25) is 0 Å². The fraction of sp³-hybridized carbons (Fsp3) is 0.848. The molecule has 0 bridgehead atoms. The summed E-state index contributed by atoms with van der Waals surface area (Å²) in [7, 11) is 1.56. The zero-order valence-corrected chi connectivity index (χ0v) is 28.6. The van der Waals surface area contributed by atoms with Gasteiger partial charge in [-0.3, -0.25) is 13.8 Å². The first-order chi connectivity index (χ1) is 20.0. The number of phosphoric acid groups is 1. The molecule has 0 radical (unpaired) electrons. The Labute approximate surface area is 258 Å². The van der Waals surface area contributed by atoms with Crippen molar-refractivity contribution in [3.05, 3.63) is 24.3 Å². The van der Waals surface area contributed by atoms with E-state index in [4.69, 9.17) is 9.05 Å². The number of nitrogens with zero attached hydrogens (tertiary/aromatic N) is 1.